The standard InChI is InChI=1S/C9H14N2O2/c12-3-4-13-9-5-10-11(7-9)6-8-1-2-8/h5,7-8,12H,1-4,6H2. The third kappa shape index (κ3) is 2.45. The first-order valence-electron chi connectivity index (χ1n) is 4.64. The molecule has 1 aromatic heterocycles. The van der Waals surface area contributed by atoms with E-state index in [0.717, 1.165) is 18.2 Å². The summed E-state index contributed by atoms with van der Waals surface area (Å²) in [6, 6.07) is 0. The minimum Gasteiger partial charge on any atom is -0.488 e. The van der Waals surface area contributed by atoms with Crippen molar-refractivity contribution in [3.8, 4) is 5.75 Å². The van der Waals surface area contributed by atoms with Crippen LogP contribution in [-0.4, -0.2) is 28.1 Å². The molecule has 0 radical (unpaired) electrons. The number of rotatable bonds is 5. The maximum Gasteiger partial charge on any atom is 0.157 e. The molecule has 0 atom stereocenters. The van der Waals surface area contributed by atoms with Crippen LogP contribution in [0.2, 0.25) is 0 Å². The van der Waals surface area contributed by atoms with Gasteiger partial charge in [-0.2, -0.15) is 5.10 Å². The van der Waals surface area contributed by atoms with Gasteiger partial charge in [0.2, 0.25) is 0 Å². The summed E-state index contributed by atoms with van der Waals surface area (Å²) in [6.45, 7) is 1.39. The molecule has 1 aromatic rings. The van der Waals surface area contributed by atoms with Gasteiger partial charge in [0, 0.05) is 6.54 Å². The molecule has 1 aliphatic rings. The molecule has 0 aliphatic heterocycles. The number of nitrogens with zero attached hydrogens (tertiary/aromatic N) is 2. The molecule has 1 saturated carbocycles. The summed E-state index contributed by atoms with van der Waals surface area (Å²) >= 11 is 0. The fraction of sp³-hybridized carbons (Fsp3) is 0.667. The van der Waals surface area contributed by atoms with Gasteiger partial charge in [0.1, 0.15) is 6.61 Å². The van der Waals surface area contributed by atoms with Crippen LogP contribution in [0.1, 0.15) is 12.8 Å². The van der Waals surface area contributed by atoms with Gasteiger partial charge in [-0.1, -0.05) is 0 Å². The predicted octanol–water partition coefficient (Wildman–Crippen LogP) is 0.664. The molecular formula is C9H14N2O2. The summed E-state index contributed by atoms with van der Waals surface area (Å²) in [4.78, 5) is 0. The Morgan fingerprint density at radius 2 is 2.46 bits per heavy atom. The highest BCUT2D eigenvalue weighted by molar-refractivity contribution is 5.11. The van der Waals surface area contributed by atoms with Crippen LogP contribution in [0.4, 0.5) is 0 Å². The highest BCUT2D eigenvalue weighted by Gasteiger charge is 2.21. The molecule has 2 rings (SSSR count). The van der Waals surface area contributed by atoms with Gasteiger partial charge in [0.25, 0.3) is 0 Å². The second-order valence-electron chi connectivity index (χ2n) is 3.41. The van der Waals surface area contributed by atoms with E-state index in [1.54, 1.807) is 6.20 Å². The van der Waals surface area contributed by atoms with E-state index < -0.39 is 0 Å². The topological polar surface area (TPSA) is 47.3 Å². The van der Waals surface area contributed by atoms with E-state index in [2.05, 4.69) is 5.10 Å². The third-order valence-electron chi connectivity index (χ3n) is 2.11. The van der Waals surface area contributed by atoms with Gasteiger partial charge in [-0.25, -0.2) is 0 Å². The lowest BCUT2D eigenvalue weighted by Crippen LogP contribution is -2.01. The van der Waals surface area contributed by atoms with Crippen LogP contribution < -0.4 is 4.74 Å². The molecule has 1 heterocycles. The Bertz CT molecular complexity index is 268. The monoisotopic (exact) mass is 182 g/mol. The quantitative estimate of drug-likeness (QED) is 0.727. The summed E-state index contributed by atoms with van der Waals surface area (Å²) in [5, 5.41) is 12.7. The van der Waals surface area contributed by atoms with Gasteiger partial charge < -0.3 is 9.84 Å². The van der Waals surface area contributed by atoms with Crippen molar-refractivity contribution in [3.05, 3.63) is 12.4 Å². The highest BCUT2D eigenvalue weighted by Crippen LogP contribution is 2.30. The molecule has 0 amide bonds. The minimum atomic E-state index is 0.0494. The summed E-state index contributed by atoms with van der Waals surface area (Å²) in [6.07, 6.45) is 6.23. The molecular weight excluding hydrogens is 168 g/mol. The third-order valence-corrected chi connectivity index (χ3v) is 2.11. The van der Waals surface area contributed by atoms with Crippen molar-refractivity contribution in [2.75, 3.05) is 13.2 Å². The molecule has 0 saturated heterocycles. The molecule has 0 aromatic carbocycles. The molecule has 1 fully saturated rings. The Kier molecular flexibility index (Phi) is 2.49. The van der Waals surface area contributed by atoms with E-state index >= 15 is 0 Å². The van der Waals surface area contributed by atoms with Crippen LogP contribution in [0.15, 0.2) is 12.4 Å². The lowest BCUT2D eigenvalue weighted by Gasteiger charge is -1.98. The maximum absolute atomic E-state index is 8.54. The van der Waals surface area contributed by atoms with Crippen molar-refractivity contribution >= 4 is 0 Å². The van der Waals surface area contributed by atoms with Crippen molar-refractivity contribution in [1.82, 2.24) is 9.78 Å². The number of aliphatic hydroxyl groups excluding tert-OH is 1. The fourth-order valence-electron chi connectivity index (χ4n) is 1.25. The number of aliphatic hydroxyl groups is 1. The Morgan fingerprint density at radius 3 is 3.15 bits per heavy atom. The van der Waals surface area contributed by atoms with Gasteiger partial charge in [-0.15, -0.1) is 0 Å². The van der Waals surface area contributed by atoms with E-state index in [0.29, 0.717) is 6.61 Å². The fourth-order valence-corrected chi connectivity index (χ4v) is 1.25. The Morgan fingerprint density at radius 1 is 1.62 bits per heavy atom. The summed E-state index contributed by atoms with van der Waals surface area (Å²) in [7, 11) is 0. The zero-order valence-electron chi connectivity index (χ0n) is 7.52. The first-order valence-corrected chi connectivity index (χ1v) is 4.64. The zero-order chi connectivity index (χ0) is 9.10. The predicted molar refractivity (Wildman–Crippen MR) is 47.5 cm³/mol. The largest absolute Gasteiger partial charge is 0.488 e. The number of hydrogen-bond donors (Lipinski definition) is 1. The van der Waals surface area contributed by atoms with Crippen molar-refractivity contribution < 1.29 is 9.84 Å². The Hall–Kier alpha value is -1.03. The number of ether oxygens (including phenoxy) is 1. The molecule has 1 aliphatic carbocycles. The molecule has 1 N–H and O–H groups in total. The molecule has 4 heteroatoms. The normalized spacial score (nSPS) is 16.1. The van der Waals surface area contributed by atoms with Crippen LogP contribution in [0, 0.1) is 5.92 Å². The van der Waals surface area contributed by atoms with Crippen LogP contribution in [0.3, 0.4) is 0 Å². The van der Waals surface area contributed by atoms with Gasteiger partial charge in [-0.05, 0) is 18.8 Å². The highest BCUT2D eigenvalue weighted by atomic mass is 16.5. The first kappa shape index (κ1) is 8.56. The maximum atomic E-state index is 8.54. The Labute approximate surface area is 77.1 Å². The van der Waals surface area contributed by atoms with Crippen molar-refractivity contribution in [2.24, 2.45) is 5.92 Å². The summed E-state index contributed by atoms with van der Waals surface area (Å²) < 4.78 is 7.11. The number of hydrogen-bond acceptors (Lipinski definition) is 3. The summed E-state index contributed by atoms with van der Waals surface area (Å²) in [5.74, 6) is 1.57. The van der Waals surface area contributed by atoms with Gasteiger partial charge in [0.15, 0.2) is 5.75 Å². The van der Waals surface area contributed by atoms with Crippen molar-refractivity contribution in [1.29, 1.82) is 0 Å². The van der Waals surface area contributed by atoms with E-state index in [1.807, 2.05) is 10.9 Å². The SMILES string of the molecule is OCCOc1cnn(CC2CC2)c1. The first-order chi connectivity index (χ1) is 6.38. The molecule has 72 valence electrons. The van der Waals surface area contributed by atoms with Crippen molar-refractivity contribution in [3.63, 3.8) is 0 Å². The minimum absolute atomic E-state index is 0.0494. The van der Waals surface area contributed by atoms with E-state index in [-0.39, 0.29) is 6.61 Å². The van der Waals surface area contributed by atoms with Crippen molar-refractivity contribution in [2.45, 2.75) is 19.4 Å². The second-order valence-corrected chi connectivity index (χ2v) is 3.41. The molecule has 0 unspecified atom stereocenters. The van der Waals surface area contributed by atoms with Gasteiger partial charge in [0.05, 0.1) is 19.0 Å². The molecule has 0 spiro atoms. The smallest absolute Gasteiger partial charge is 0.157 e. The molecule has 4 nitrogen and oxygen atoms in total. The summed E-state index contributed by atoms with van der Waals surface area (Å²) in [5.41, 5.74) is 0. The molecule has 0 bridgehead atoms. The molecule has 13 heavy (non-hydrogen) atoms. The lowest BCUT2D eigenvalue weighted by molar-refractivity contribution is 0.201. The van der Waals surface area contributed by atoms with Crippen LogP contribution in [0.5, 0.6) is 5.75 Å². The van der Waals surface area contributed by atoms with E-state index in [4.69, 9.17) is 9.84 Å². The average Bonchev–Trinajstić information content (AvgIpc) is 2.81. The van der Waals surface area contributed by atoms with Gasteiger partial charge >= 0.3 is 0 Å². The Balaban J connectivity index is 1.84. The zero-order valence-corrected chi connectivity index (χ0v) is 7.52. The average molecular weight is 182 g/mol. The second kappa shape index (κ2) is 3.79. The van der Waals surface area contributed by atoms with Crippen LogP contribution >= 0.6 is 0 Å². The van der Waals surface area contributed by atoms with E-state index in [9.17, 15) is 0 Å². The van der Waals surface area contributed by atoms with Crippen LogP contribution in [-0.2, 0) is 6.54 Å². The number of aromatic nitrogens is 2. The van der Waals surface area contributed by atoms with Crippen LogP contribution in [0.25, 0.3) is 0 Å². The lowest BCUT2D eigenvalue weighted by atomic mass is 10.4. The van der Waals surface area contributed by atoms with E-state index in [1.165, 1.54) is 12.8 Å². The van der Waals surface area contributed by atoms with Gasteiger partial charge in [-0.3, -0.25) is 4.68 Å².